The van der Waals surface area contributed by atoms with Gasteiger partial charge in [-0.05, 0) is 38.1 Å². The molecule has 1 aromatic heterocycles. The number of aromatic hydroxyl groups is 1. The Morgan fingerprint density at radius 1 is 1.19 bits per heavy atom. The van der Waals surface area contributed by atoms with Gasteiger partial charge in [-0.3, -0.25) is 9.76 Å². The van der Waals surface area contributed by atoms with Crippen molar-refractivity contribution in [2.24, 2.45) is 15.9 Å². The topological polar surface area (TPSA) is 170 Å². The minimum absolute atomic E-state index is 0.00456. The summed E-state index contributed by atoms with van der Waals surface area (Å²) in [6, 6.07) is 9.15. The third-order valence-electron chi connectivity index (χ3n) is 2.82. The number of hydroxylamine groups is 1. The number of nitrogens with one attached hydrogen (secondary N) is 1. The molecule has 10 nitrogen and oxygen atoms in total. The highest BCUT2D eigenvalue weighted by atomic mass is 32.2. The largest absolute Gasteiger partial charge is 0.506 e. The van der Waals surface area contributed by atoms with Gasteiger partial charge in [0.2, 0.25) is 5.96 Å². The fraction of sp³-hybridized carbons (Fsp3) is 0.133. The number of nitrogens with two attached hydrogens (primary N) is 1. The predicted octanol–water partition coefficient (Wildman–Crippen LogP) is 0.965. The van der Waals surface area contributed by atoms with E-state index in [4.69, 9.17) is 15.5 Å². The van der Waals surface area contributed by atoms with Crippen LogP contribution in [0.25, 0.3) is 0 Å². The van der Waals surface area contributed by atoms with Crippen LogP contribution in [0.4, 0.5) is 0 Å². The van der Waals surface area contributed by atoms with Crippen LogP contribution in [-0.2, 0) is 10.1 Å². The standard InChI is InChI=1S/C8H11N5O2.C7H8O3S/c1-5-2-3-7(14)6(11-5)4-10-12-8(9)13-15;1-6-2-4-7(5-3-6)11(8,9)10/h2-4,14-15H,1H3,(H3,9,12,13);2-5H,1H3,(H,8,9,10)/b10-4+;. The molecule has 6 N–H and O–H groups in total. The van der Waals surface area contributed by atoms with Crippen LogP contribution in [0.2, 0.25) is 0 Å². The molecular weight excluding hydrogens is 362 g/mol. The summed E-state index contributed by atoms with van der Waals surface area (Å²) < 4.78 is 29.6. The van der Waals surface area contributed by atoms with Crippen LogP contribution in [0, 0.1) is 13.8 Å². The molecule has 1 aromatic carbocycles. The number of rotatable bonds is 3. The zero-order valence-corrected chi connectivity index (χ0v) is 14.8. The quantitative estimate of drug-likeness (QED) is 0.226. The van der Waals surface area contributed by atoms with Gasteiger partial charge in [0.1, 0.15) is 11.4 Å². The van der Waals surface area contributed by atoms with E-state index in [2.05, 4.69) is 15.2 Å². The van der Waals surface area contributed by atoms with E-state index in [-0.39, 0.29) is 22.3 Å². The Hall–Kier alpha value is -3.02. The molecule has 0 aliphatic heterocycles. The summed E-state index contributed by atoms with van der Waals surface area (Å²) in [4.78, 5) is 3.94. The van der Waals surface area contributed by atoms with E-state index in [1.165, 1.54) is 24.4 Å². The monoisotopic (exact) mass is 381 g/mol. The zero-order chi connectivity index (χ0) is 19.7. The summed E-state index contributed by atoms with van der Waals surface area (Å²) in [5, 5.41) is 24.5. The van der Waals surface area contributed by atoms with Gasteiger partial charge >= 0.3 is 0 Å². The lowest BCUT2D eigenvalue weighted by molar-refractivity contribution is 0.232. The van der Waals surface area contributed by atoms with Crippen LogP contribution in [0.3, 0.4) is 0 Å². The molecule has 0 radical (unpaired) electrons. The highest BCUT2D eigenvalue weighted by molar-refractivity contribution is 7.85. The molecule has 0 amide bonds. The molecule has 0 saturated heterocycles. The van der Waals surface area contributed by atoms with Gasteiger partial charge in [-0.25, -0.2) is 10.5 Å². The van der Waals surface area contributed by atoms with Gasteiger partial charge in [-0.1, -0.05) is 17.7 Å². The van der Waals surface area contributed by atoms with E-state index in [1.54, 1.807) is 30.6 Å². The van der Waals surface area contributed by atoms with Crippen molar-refractivity contribution < 1.29 is 23.3 Å². The van der Waals surface area contributed by atoms with E-state index in [0.29, 0.717) is 0 Å². The maximum Gasteiger partial charge on any atom is 0.294 e. The number of guanidine groups is 1. The summed E-state index contributed by atoms with van der Waals surface area (Å²) in [6.07, 6.45) is 1.23. The van der Waals surface area contributed by atoms with Crippen molar-refractivity contribution >= 4 is 22.3 Å². The molecule has 0 aliphatic rings. The van der Waals surface area contributed by atoms with E-state index in [1.807, 2.05) is 6.92 Å². The Morgan fingerprint density at radius 2 is 1.81 bits per heavy atom. The first kappa shape index (κ1) is 21.0. The van der Waals surface area contributed by atoms with E-state index >= 15 is 0 Å². The van der Waals surface area contributed by atoms with Crippen LogP contribution in [0.1, 0.15) is 17.0 Å². The van der Waals surface area contributed by atoms with Crippen LogP contribution < -0.4 is 11.2 Å². The number of aromatic nitrogens is 1. The first-order valence-corrected chi connectivity index (χ1v) is 8.55. The molecule has 0 saturated carbocycles. The fourth-order valence-electron chi connectivity index (χ4n) is 1.54. The fourth-order valence-corrected chi connectivity index (χ4v) is 2.02. The molecule has 0 fully saturated rings. The van der Waals surface area contributed by atoms with Crippen molar-refractivity contribution in [1.29, 1.82) is 0 Å². The lowest BCUT2D eigenvalue weighted by atomic mass is 10.2. The normalized spacial score (nSPS) is 11.8. The molecule has 11 heteroatoms. The van der Waals surface area contributed by atoms with Crippen molar-refractivity contribution in [2.45, 2.75) is 18.7 Å². The van der Waals surface area contributed by atoms with E-state index in [9.17, 15) is 13.5 Å². The van der Waals surface area contributed by atoms with Gasteiger partial charge < -0.3 is 10.8 Å². The third-order valence-corrected chi connectivity index (χ3v) is 3.69. The number of hydrogen-bond donors (Lipinski definition) is 5. The van der Waals surface area contributed by atoms with Crippen molar-refractivity contribution in [3.8, 4) is 5.75 Å². The number of aryl methyl sites for hydroxylation is 2. The summed E-state index contributed by atoms with van der Waals surface area (Å²) >= 11 is 0. The second-order valence-electron chi connectivity index (χ2n) is 4.99. The van der Waals surface area contributed by atoms with Gasteiger partial charge in [0.05, 0.1) is 11.1 Å². The number of benzene rings is 1. The molecular formula is C15H19N5O5S. The smallest absolute Gasteiger partial charge is 0.294 e. The van der Waals surface area contributed by atoms with Gasteiger partial charge in [0.25, 0.3) is 10.1 Å². The number of nitrogens with zero attached hydrogens (tertiary/aromatic N) is 3. The summed E-state index contributed by atoms with van der Waals surface area (Å²) in [6.45, 7) is 3.62. The minimum Gasteiger partial charge on any atom is -0.506 e. The summed E-state index contributed by atoms with van der Waals surface area (Å²) in [7, 11) is -4.02. The van der Waals surface area contributed by atoms with Gasteiger partial charge in [-0.2, -0.15) is 13.5 Å². The molecule has 1 heterocycles. The van der Waals surface area contributed by atoms with Gasteiger partial charge in [0, 0.05) is 5.69 Å². The Kier molecular flexibility index (Phi) is 7.65. The summed E-state index contributed by atoms with van der Waals surface area (Å²) in [5.41, 5.74) is 8.69. The maximum absolute atomic E-state index is 10.5. The number of hydrogen-bond acceptors (Lipinski definition) is 7. The van der Waals surface area contributed by atoms with Crippen molar-refractivity contribution in [3.05, 3.63) is 53.3 Å². The molecule has 0 atom stereocenters. The molecule has 0 bridgehead atoms. The lowest BCUT2D eigenvalue weighted by Gasteiger charge is -1.97. The third kappa shape index (κ3) is 7.25. The Bertz CT molecular complexity index is 895. The van der Waals surface area contributed by atoms with Gasteiger partial charge in [-0.15, -0.1) is 5.10 Å². The second kappa shape index (κ2) is 9.46. The first-order chi connectivity index (χ1) is 12.1. The van der Waals surface area contributed by atoms with Crippen LogP contribution >= 0.6 is 0 Å². The second-order valence-corrected chi connectivity index (χ2v) is 6.41. The highest BCUT2D eigenvalue weighted by Crippen LogP contribution is 2.12. The van der Waals surface area contributed by atoms with Crippen LogP contribution in [0.15, 0.2) is 51.5 Å². The van der Waals surface area contributed by atoms with Crippen molar-refractivity contribution in [1.82, 2.24) is 10.5 Å². The Balaban J connectivity index is 0.000000273. The molecule has 0 unspecified atom stereocenters. The first-order valence-electron chi connectivity index (χ1n) is 7.11. The predicted molar refractivity (Wildman–Crippen MR) is 95.8 cm³/mol. The molecule has 140 valence electrons. The molecule has 2 rings (SSSR count). The molecule has 0 aliphatic carbocycles. The molecule has 2 aromatic rings. The average molecular weight is 381 g/mol. The van der Waals surface area contributed by atoms with Crippen molar-refractivity contribution in [3.63, 3.8) is 0 Å². The zero-order valence-electron chi connectivity index (χ0n) is 14.0. The lowest BCUT2D eigenvalue weighted by Crippen LogP contribution is -2.27. The minimum atomic E-state index is -4.02. The van der Waals surface area contributed by atoms with E-state index in [0.717, 1.165) is 11.3 Å². The van der Waals surface area contributed by atoms with Gasteiger partial charge in [0.15, 0.2) is 0 Å². The van der Waals surface area contributed by atoms with E-state index < -0.39 is 10.1 Å². The average Bonchev–Trinajstić information content (AvgIpc) is 2.58. The maximum atomic E-state index is 10.5. The van der Waals surface area contributed by atoms with Crippen LogP contribution in [0.5, 0.6) is 5.75 Å². The molecule has 26 heavy (non-hydrogen) atoms. The summed E-state index contributed by atoms with van der Waals surface area (Å²) in [5.74, 6) is -0.256. The Labute approximate surface area is 150 Å². The van der Waals surface area contributed by atoms with Crippen molar-refractivity contribution in [2.75, 3.05) is 0 Å². The van der Waals surface area contributed by atoms with Crippen LogP contribution in [-0.4, -0.2) is 40.4 Å². The Morgan fingerprint density at radius 3 is 2.35 bits per heavy atom. The SMILES string of the molecule is Cc1ccc(O)c(/C=N/N=C(\N)NO)n1.Cc1ccc(S(=O)(=O)O)cc1. The molecule has 0 spiro atoms. The number of pyridine rings is 1. The highest BCUT2D eigenvalue weighted by Gasteiger charge is 2.06.